The first kappa shape index (κ1) is 29.3. The monoisotopic (exact) mass is 535 g/mol. The van der Waals surface area contributed by atoms with Crippen LogP contribution in [-0.4, -0.2) is 104 Å². The van der Waals surface area contributed by atoms with E-state index in [9.17, 15) is 9.59 Å². The van der Waals surface area contributed by atoms with Crippen LogP contribution in [-0.2, 0) is 23.7 Å². The number of alkyl carbamates (subject to hydrolysis) is 1. The van der Waals surface area contributed by atoms with Crippen molar-refractivity contribution >= 4 is 12.0 Å². The molecular formula is C29H49N3O6. The molecule has 0 aromatic rings. The molecule has 7 atom stereocenters. The fourth-order valence-corrected chi connectivity index (χ4v) is 6.66. The summed E-state index contributed by atoms with van der Waals surface area (Å²) in [5.74, 6) is -0.179. The zero-order chi connectivity index (χ0) is 27.8. The first-order chi connectivity index (χ1) is 17.9. The number of nitrogens with zero attached hydrogens (tertiary/aromatic N) is 2. The molecule has 0 aromatic heterocycles. The maximum Gasteiger partial charge on any atom is 0.408 e. The van der Waals surface area contributed by atoms with E-state index in [1.54, 1.807) is 7.11 Å². The van der Waals surface area contributed by atoms with Gasteiger partial charge in [-0.3, -0.25) is 4.79 Å². The minimum Gasteiger partial charge on any atom is -0.443 e. The third-order valence-electron chi connectivity index (χ3n) is 9.28. The molecule has 2 amide bonds. The molecular weight excluding hydrogens is 486 g/mol. The molecule has 0 bridgehead atoms. The van der Waals surface area contributed by atoms with Crippen molar-refractivity contribution in [1.82, 2.24) is 15.1 Å². The van der Waals surface area contributed by atoms with Gasteiger partial charge in [-0.2, -0.15) is 0 Å². The number of likely N-dealkylation sites (N-methyl/N-ethyl adjacent to an activating group) is 1. The number of nitrogens with one attached hydrogen (secondary N) is 1. The smallest absolute Gasteiger partial charge is 0.408 e. The van der Waals surface area contributed by atoms with Crippen molar-refractivity contribution in [2.45, 2.75) is 108 Å². The Kier molecular flexibility index (Phi) is 8.82. The molecule has 216 valence electrons. The highest BCUT2D eigenvalue weighted by atomic mass is 16.6. The van der Waals surface area contributed by atoms with Gasteiger partial charge in [0.05, 0.1) is 18.6 Å². The lowest BCUT2D eigenvalue weighted by Gasteiger charge is -2.42. The summed E-state index contributed by atoms with van der Waals surface area (Å²) >= 11 is 0. The highest BCUT2D eigenvalue weighted by Crippen LogP contribution is 2.59. The molecule has 1 saturated carbocycles. The maximum absolute atomic E-state index is 13.4. The van der Waals surface area contributed by atoms with Gasteiger partial charge in [-0.1, -0.05) is 25.5 Å². The Morgan fingerprint density at radius 1 is 1.21 bits per heavy atom. The van der Waals surface area contributed by atoms with Gasteiger partial charge in [0.15, 0.2) is 0 Å². The van der Waals surface area contributed by atoms with E-state index in [2.05, 4.69) is 44.1 Å². The summed E-state index contributed by atoms with van der Waals surface area (Å²) in [4.78, 5) is 30.7. The molecule has 1 N–H and O–H groups in total. The number of ether oxygens (including phenoxy) is 4. The number of piperidine rings is 1. The predicted molar refractivity (Wildman–Crippen MR) is 145 cm³/mol. The van der Waals surface area contributed by atoms with Crippen LogP contribution in [0.2, 0.25) is 0 Å². The maximum atomic E-state index is 13.4. The van der Waals surface area contributed by atoms with Crippen LogP contribution in [0.25, 0.3) is 0 Å². The van der Waals surface area contributed by atoms with Crippen molar-refractivity contribution in [1.29, 1.82) is 0 Å². The van der Waals surface area contributed by atoms with Crippen LogP contribution in [0.3, 0.4) is 0 Å². The second-order valence-corrected chi connectivity index (χ2v) is 12.7. The van der Waals surface area contributed by atoms with E-state index in [1.807, 2.05) is 25.8 Å². The summed E-state index contributed by atoms with van der Waals surface area (Å²) in [5, 5.41) is 2.90. The second kappa shape index (κ2) is 11.4. The molecule has 3 saturated heterocycles. The lowest BCUT2D eigenvalue weighted by Crippen LogP contribution is -2.57. The highest BCUT2D eigenvalue weighted by Gasteiger charge is 2.72. The molecule has 9 nitrogen and oxygen atoms in total. The Hall–Kier alpha value is -1.68. The number of hydrogen-bond acceptors (Lipinski definition) is 7. The number of carbonyl (C=O) groups excluding carboxylic acids is 2. The molecule has 3 heterocycles. The fraction of sp³-hybridized carbons (Fsp3) is 0.862. The number of epoxide rings is 2. The number of amides is 2. The predicted octanol–water partition coefficient (Wildman–Crippen LogP) is 3.37. The van der Waals surface area contributed by atoms with Crippen molar-refractivity contribution in [3.63, 3.8) is 0 Å². The van der Waals surface area contributed by atoms with Crippen LogP contribution in [0, 0.1) is 11.8 Å². The van der Waals surface area contributed by atoms with E-state index in [4.69, 9.17) is 18.9 Å². The fourth-order valence-electron chi connectivity index (χ4n) is 6.66. The third kappa shape index (κ3) is 6.06. The Morgan fingerprint density at radius 3 is 2.42 bits per heavy atom. The van der Waals surface area contributed by atoms with Gasteiger partial charge in [-0.05, 0) is 78.9 Å². The molecule has 0 unspecified atom stereocenters. The zero-order valence-electron chi connectivity index (χ0n) is 24.6. The van der Waals surface area contributed by atoms with Crippen LogP contribution in [0.1, 0.15) is 66.7 Å². The molecule has 3 aliphatic heterocycles. The summed E-state index contributed by atoms with van der Waals surface area (Å²) in [5.41, 5.74) is 0.592. The van der Waals surface area contributed by atoms with Crippen molar-refractivity contribution in [2.75, 3.05) is 40.9 Å². The van der Waals surface area contributed by atoms with Crippen LogP contribution in [0.4, 0.5) is 4.79 Å². The SMILES string of the molecule is CO[C@@H]1[C@H](OC(=O)N[C@@H](C(=O)N(C)C2CCN(C)CC2)C(C)C)CC[C@]2(CO2)[C@H]1[C@@]1(C)O[C@@H]1CC=C(C)C. The van der Waals surface area contributed by atoms with E-state index in [0.717, 1.165) is 38.8 Å². The van der Waals surface area contributed by atoms with E-state index in [0.29, 0.717) is 13.0 Å². The van der Waals surface area contributed by atoms with Crippen molar-refractivity contribution in [3.8, 4) is 0 Å². The van der Waals surface area contributed by atoms with Gasteiger partial charge in [0.25, 0.3) is 0 Å². The van der Waals surface area contributed by atoms with Crippen LogP contribution in [0.15, 0.2) is 11.6 Å². The Morgan fingerprint density at radius 2 is 1.87 bits per heavy atom. The van der Waals surface area contributed by atoms with Crippen molar-refractivity contribution in [3.05, 3.63) is 11.6 Å². The summed E-state index contributed by atoms with van der Waals surface area (Å²) in [6, 6.07) is -0.466. The molecule has 1 aliphatic carbocycles. The number of methoxy groups -OCH3 is 1. The van der Waals surface area contributed by atoms with Gasteiger partial charge in [-0.15, -0.1) is 0 Å². The van der Waals surface area contributed by atoms with Crippen LogP contribution < -0.4 is 5.32 Å². The average Bonchev–Trinajstić information content (AvgIpc) is 3.78. The molecule has 1 spiro atoms. The molecule has 0 radical (unpaired) electrons. The van der Waals surface area contributed by atoms with E-state index >= 15 is 0 Å². The van der Waals surface area contributed by atoms with Gasteiger partial charge in [0.1, 0.15) is 29.5 Å². The molecule has 38 heavy (non-hydrogen) atoms. The minimum atomic E-state index is -0.650. The average molecular weight is 536 g/mol. The van der Waals surface area contributed by atoms with Gasteiger partial charge in [-0.25, -0.2) is 4.79 Å². The normalized spacial score (nSPS) is 36.0. The molecule has 9 heteroatoms. The van der Waals surface area contributed by atoms with E-state index < -0.39 is 23.8 Å². The third-order valence-corrected chi connectivity index (χ3v) is 9.28. The van der Waals surface area contributed by atoms with Crippen molar-refractivity contribution < 1.29 is 28.5 Å². The molecule has 4 rings (SSSR count). The number of allylic oxidation sites excluding steroid dienone is 1. The summed E-state index contributed by atoms with van der Waals surface area (Å²) in [6.07, 6.45) is 5.07. The molecule has 4 aliphatic rings. The first-order valence-corrected chi connectivity index (χ1v) is 14.3. The van der Waals surface area contributed by atoms with Gasteiger partial charge >= 0.3 is 6.09 Å². The van der Waals surface area contributed by atoms with Gasteiger partial charge in [0.2, 0.25) is 5.91 Å². The summed E-state index contributed by atoms with van der Waals surface area (Å²) < 4.78 is 24.3. The van der Waals surface area contributed by atoms with E-state index in [-0.39, 0.29) is 41.6 Å². The largest absolute Gasteiger partial charge is 0.443 e. The Labute approximate surface area is 228 Å². The Balaban J connectivity index is 1.40. The number of hydrogen-bond donors (Lipinski definition) is 1. The van der Waals surface area contributed by atoms with Gasteiger partial charge in [0, 0.05) is 20.2 Å². The Bertz CT molecular complexity index is 893. The lowest BCUT2D eigenvalue weighted by atomic mass is 9.68. The van der Waals surface area contributed by atoms with E-state index in [1.165, 1.54) is 5.57 Å². The highest BCUT2D eigenvalue weighted by molar-refractivity contribution is 5.86. The topological polar surface area (TPSA) is 96.2 Å². The standard InChI is InChI=1S/C29H49N3O6/c1-18(2)9-10-22-28(5,38-22)25-24(35-8)21(11-14-29(25)17-36-29)37-27(34)30-23(19(3)4)26(33)32(7)20-12-15-31(6)16-13-20/h9,19-25H,10-17H2,1-8H3,(H,30,34)/t21-,22-,23-,24-,25-,28+,29+/m1/s1. The summed E-state index contributed by atoms with van der Waals surface area (Å²) in [7, 11) is 5.62. The van der Waals surface area contributed by atoms with Crippen LogP contribution in [0.5, 0.6) is 0 Å². The second-order valence-electron chi connectivity index (χ2n) is 12.7. The number of rotatable bonds is 9. The van der Waals surface area contributed by atoms with Gasteiger partial charge < -0.3 is 34.1 Å². The summed E-state index contributed by atoms with van der Waals surface area (Å²) in [6.45, 7) is 12.8. The number of carbonyl (C=O) groups is 2. The molecule has 4 fully saturated rings. The zero-order valence-corrected chi connectivity index (χ0v) is 24.6. The van der Waals surface area contributed by atoms with Crippen LogP contribution >= 0.6 is 0 Å². The van der Waals surface area contributed by atoms with Crippen molar-refractivity contribution in [2.24, 2.45) is 11.8 Å². The minimum absolute atomic E-state index is 0.0415. The number of likely N-dealkylation sites (tertiary alicyclic amines) is 1. The lowest BCUT2D eigenvalue weighted by molar-refractivity contribution is -0.136. The molecule has 0 aromatic carbocycles. The quantitative estimate of drug-likeness (QED) is 0.357. The first-order valence-electron chi connectivity index (χ1n) is 14.3.